The number of aliphatic carboxylic acids is 1. The van der Waals surface area contributed by atoms with Crippen molar-refractivity contribution in [2.45, 2.75) is 31.8 Å². The number of hydrogen-bond donors (Lipinski definition) is 2. The zero-order valence-electron chi connectivity index (χ0n) is 13.0. The summed E-state index contributed by atoms with van der Waals surface area (Å²) in [6.45, 7) is 1.71. The van der Waals surface area contributed by atoms with Gasteiger partial charge in [0.1, 0.15) is 12.3 Å². The van der Waals surface area contributed by atoms with Crippen molar-refractivity contribution >= 4 is 29.1 Å². The highest BCUT2D eigenvalue weighted by Crippen LogP contribution is 2.12. The van der Waals surface area contributed by atoms with Gasteiger partial charge in [0, 0.05) is 0 Å². The van der Waals surface area contributed by atoms with E-state index in [9.17, 15) is 19.2 Å². The maximum Gasteiger partial charge on any atom is 0.305 e. The highest BCUT2D eigenvalue weighted by atomic mass is 16.4. The van der Waals surface area contributed by atoms with E-state index in [0.29, 0.717) is 17.2 Å². The number of para-hydroxylation sites is 1. The normalized spacial score (nSPS) is 13.2. The smallest absolute Gasteiger partial charge is 0.305 e. The molecule has 0 saturated carbocycles. The number of carboxylic acids is 1. The first-order chi connectivity index (χ1) is 11.5. The molecule has 8 nitrogen and oxygen atoms in total. The van der Waals surface area contributed by atoms with Crippen LogP contribution in [0.3, 0.4) is 0 Å². The lowest BCUT2D eigenvalue weighted by Crippen LogP contribution is -2.43. The lowest BCUT2D eigenvalue weighted by molar-refractivity contribution is -0.139. The van der Waals surface area contributed by atoms with Crippen molar-refractivity contribution in [1.82, 2.24) is 14.9 Å². The molecule has 0 fully saturated rings. The second-order valence-corrected chi connectivity index (χ2v) is 5.25. The molecular weight excluding hydrogens is 314 g/mol. The van der Waals surface area contributed by atoms with Crippen LogP contribution in [-0.2, 0) is 14.4 Å². The number of carbonyl (C=O) groups is 3. The average molecular weight is 331 g/mol. The second kappa shape index (κ2) is 7.49. The van der Waals surface area contributed by atoms with E-state index in [-0.39, 0.29) is 12.0 Å². The third-order valence-corrected chi connectivity index (χ3v) is 3.60. The fraction of sp³-hybridized carbons (Fsp3) is 0.312. The highest BCUT2D eigenvalue weighted by molar-refractivity contribution is 5.85. The first kappa shape index (κ1) is 17.3. The predicted octanol–water partition coefficient (Wildman–Crippen LogP) is 0.506. The van der Waals surface area contributed by atoms with Crippen LogP contribution in [0.2, 0.25) is 0 Å². The molecule has 24 heavy (non-hydrogen) atoms. The van der Waals surface area contributed by atoms with Crippen molar-refractivity contribution in [1.29, 1.82) is 0 Å². The van der Waals surface area contributed by atoms with E-state index in [1.54, 1.807) is 31.2 Å². The molecule has 8 heteroatoms. The van der Waals surface area contributed by atoms with Gasteiger partial charge in [-0.3, -0.25) is 19.0 Å². The number of benzene rings is 1. The molecule has 0 bridgehead atoms. The number of amides is 1. The van der Waals surface area contributed by atoms with Crippen LogP contribution in [0, 0.1) is 0 Å². The monoisotopic (exact) mass is 331 g/mol. The Kier molecular flexibility index (Phi) is 5.41. The van der Waals surface area contributed by atoms with Crippen molar-refractivity contribution in [3.63, 3.8) is 0 Å². The fourth-order valence-corrected chi connectivity index (χ4v) is 2.41. The van der Waals surface area contributed by atoms with Gasteiger partial charge in [-0.2, -0.15) is 0 Å². The number of carboxylic acid groups (broad SMARTS) is 1. The summed E-state index contributed by atoms with van der Waals surface area (Å²) in [6.07, 6.45) is 1.41. The molecule has 1 heterocycles. The van der Waals surface area contributed by atoms with Crippen LogP contribution in [0.25, 0.3) is 10.9 Å². The van der Waals surface area contributed by atoms with Gasteiger partial charge < -0.3 is 15.2 Å². The molecule has 0 aliphatic carbocycles. The molecule has 0 spiro atoms. The van der Waals surface area contributed by atoms with Gasteiger partial charge in [-0.1, -0.05) is 19.1 Å². The maximum absolute atomic E-state index is 12.5. The molecule has 1 aromatic carbocycles. The first-order valence-electron chi connectivity index (χ1n) is 7.41. The lowest BCUT2D eigenvalue weighted by Gasteiger charge is -2.19. The molecule has 0 saturated heterocycles. The van der Waals surface area contributed by atoms with Gasteiger partial charge >= 0.3 is 5.97 Å². The number of aromatic nitrogens is 2. The zero-order chi connectivity index (χ0) is 17.7. The van der Waals surface area contributed by atoms with Gasteiger partial charge in [0.05, 0.1) is 29.7 Å². The molecule has 1 amide bonds. The molecule has 1 unspecified atom stereocenters. The van der Waals surface area contributed by atoms with E-state index in [2.05, 4.69) is 10.3 Å². The Labute approximate surface area is 137 Å². The minimum atomic E-state index is -1.20. The molecule has 126 valence electrons. The van der Waals surface area contributed by atoms with Gasteiger partial charge in [-0.05, 0) is 18.6 Å². The van der Waals surface area contributed by atoms with E-state index in [1.165, 1.54) is 10.9 Å². The minimum absolute atomic E-state index is 0.282. The van der Waals surface area contributed by atoms with Crippen molar-refractivity contribution in [3.05, 3.63) is 40.9 Å². The van der Waals surface area contributed by atoms with Crippen LogP contribution < -0.4 is 10.9 Å². The predicted molar refractivity (Wildman–Crippen MR) is 85.6 cm³/mol. The third kappa shape index (κ3) is 3.65. The minimum Gasteiger partial charge on any atom is -0.481 e. The van der Waals surface area contributed by atoms with E-state index < -0.39 is 30.4 Å². The Bertz CT molecular complexity index is 830. The number of nitrogens with zero attached hydrogens (tertiary/aromatic N) is 2. The number of carbonyl (C=O) groups excluding carboxylic acids is 2. The van der Waals surface area contributed by atoms with Gasteiger partial charge in [-0.25, -0.2) is 4.98 Å². The maximum atomic E-state index is 12.5. The van der Waals surface area contributed by atoms with E-state index in [0.717, 1.165) is 0 Å². The fourth-order valence-electron chi connectivity index (χ4n) is 2.41. The summed E-state index contributed by atoms with van der Waals surface area (Å²) in [6, 6.07) is 4.73. The standard InChI is InChI=1S/C16H17N3O5/c1-2-13(15(23)18-10(8-20)7-14(21)22)19-9-17-12-6-4-3-5-11(12)16(19)24/h3-6,8-10,13H,2,7H2,1H3,(H,18,23)(H,21,22)/t10?,13-/m1/s1. The summed E-state index contributed by atoms with van der Waals surface area (Å²) in [4.78, 5) is 50.7. The molecule has 1 aromatic heterocycles. The van der Waals surface area contributed by atoms with Crippen LogP contribution in [0.15, 0.2) is 35.4 Å². The van der Waals surface area contributed by atoms with Crippen LogP contribution in [0.4, 0.5) is 0 Å². The van der Waals surface area contributed by atoms with Crippen LogP contribution in [0.1, 0.15) is 25.8 Å². The van der Waals surface area contributed by atoms with Crippen molar-refractivity contribution in [2.24, 2.45) is 0 Å². The molecule has 0 aliphatic heterocycles. The lowest BCUT2D eigenvalue weighted by atomic mass is 10.1. The quantitative estimate of drug-likeness (QED) is 0.714. The average Bonchev–Trinajstić information content (AvgIpc) is 2.56. The van der Waals surface area contributed by atoms with E-state index in [1.807, 2.05) is 0 Å². The topological polar surface area (TPSA) is 118 Å². The first-order valence-corrected chi connectivity index (χ1v) is 7.41. The number of fused-ring (bicyclic) bond motifs is 1. The SMILES string of the molecule is CC[C@H](C(=O)NC(C=O)CC(=O)O)n1cnc2ccccc2c1=O. The molecule has 2 rings (SSSR count). The number of aldehydes is 1. The Morgan fingerprint density at radius 2 is 2.08 bits per heavy atom. The van der Waals surface area contributed by atoms with Crippen LogP contribution >= 0.6 is 0 Å². The summed E-state index contributed by atoms with van der Waals surface area (Å²) in [5.41, 5.74) is 0.147. The Morgan fingerprint density at radius 1 is 1.38 bits per heavy atom. The van der Waals surface area contributed by atoms with Gasteiger partial charge in [0.25, 0.3) is 5.56 Å². The molecule has 2 N–H and O–H groups in total. The largest absolute Gasteiger partial charge is 0.481 e. The molecule has 2 aromatic rings. The van der Waals surface area contributed by atoms with Crippen LogP contribution in [0.5, 0.6) is 0 Å². The second-order valence-electron chi connectivity index (χ2n) is 5.25. The Hall–Kier alpha value is -3.03. The summed E-state index contributed by atoms with van der Waals surface area (Å²) in [7, 11) is 0. The molecule has 0 radical (unpaired) electrons. The van der Waals surface area contributed by atoms with Crippen molar-refractivity contribution in [2.75, 3.05) is 0 Å². The molecule has 2 atom stereocenters. The summed E-state index contributed by atoms with van der Waals surface area (Å²) in [5.74, 6) is -1.81. The molecular formula is C16H17N3O5. The van der Waals surface area contributed by atoms with Crippen LogP contribution in [-0.4, -0.2) is 38.9 Å². The summed E-state index contributed by atoms with van der Waals surface area (Å²) >= 11 is 0. The molecule has 0 aliphatic rings. The Morgan fingerprint density at radius 3 is 2.71 bits per heavy atom. The number of hydrogen-bond acceptors (Lipinski definition) is 5. The van der Waals surface area contributed by atoms with Gasteiger partial charge in [-0.15, -0.1) is 0 Å². The van der Waals surface area contributed by atoms with E-state index >= 15 is 0 Å². The van der Waals surface area contributed by atoms with Crippen molar-refractivity contribution < 1.29 is 19.5 Å². The van der Waals surface area contributed by atoms with Gasteiger partial charge in [0.2, 0.25) is 5.91 Å². The number of rotatable bonds is 7. The number of nitrogens with one attached hydrogen (secondary N) is 1. The zero-order valence-corrected chi connectivity index (χ0v) is 13.0. The van der Waals surface area contributed by atoms with Crippen molar-refractivity contribution in [3.8, 4) is 0 Å². The third-order valence-electron chi connectivity index (χ3n) is 3.60. The summed E-state index contributed by atoms with van der Waals surface area (Å²) in [5, 5.41) is 11.5. The summed E-state index contributed by atoms with van der Waals surface area (Å²) < 4.78 is 1.19. The Balaban J connectivity index is 2.32. The van der Waals surface area contributed by atoms with E-state index in [4.69, 9.17) is 5.11 Å². The highest BCUT2D eigenvalue weighted by Gasteiger charge is 2.24. The van der Waals surface area contributed by atoms with Gasteiger partial charge in [0.15, 0.2) is 0 Å².